The largest absolute Gasteiger partial charge is 0.726 e. The number of halogens is 3. The fraction of sp³-hybridized carbons (Fsp3) is 0.462. The Hall–Kier alpha value is -1.30. The predicted molar refractivity (Wildman–Crippen MR) is 84.3 cm³/mol. The van der Waals surface area contributed by atoms with E-state index in [4.69, 9.17) is 0 Å². The summed E-state index contributed by atoms with van der Waals surface area (Å²) in [5.41, 5.74) is 1.17. The van der Waals surface area contributed by atoms with Crippen LogP contribution in [0.3, 0.4) is 0 Å². The summed E-state index contributed by atoms with van der Waals surface area (Å²) in [6.45, 7) is 0. The molecule has 1 aromatic heterocycles. The number of thioether (sulfide) groups is 1. The van der Waals surface area contributed by atoms with Gasteiger partial charge >= 0.3 is 12.0 Å². The van der Waals surface area contributed by atoms with E-state index in [2.05, 4.69) is 4.18 Å². The van der Waals surface area contributed by atoms with Gasteiger partial charge in [0.2, 0.25) is 10.4 Å². The van der Waals surface area contributed by atoms with Crippen molar-refractivity contribution in [1.82, 2.24) is 4.57 Å². The Balaban J connectivity index is 0.000000655. The number of aryl methyl sites for hydroxylation is 2. The van der Waals surface area contributed by atoms with Crippen molar-refractivity contribution in [3.05, 3.63) is 24.0 Å². The summed E-state index contributed by atoms with van der Waals surface area (Å²) >= 11 is 1.51. The highest BCUT2D eigenvalue weighted by atomic mass is 32.3. The molecule has 0 spiro atoms. The molecule has 2 rings (SSSR count). The van der Waals surface area contributed by atoms with Crippen LogP contribution in [0.25, 0.3) is 11.0 Å². The molecule has 0 saturated carbocycles. The van der Waals surface area contributed by atoms with Crippen molar-refractivity contribution in [3.8, 4) is 0 Å². The third-order valence-corrected chi connectivity index (χ3v) is 4.13. The lowest BCUT2D eigenvalue weighted by Crippen LogP contribution is -2.37. The smallest absolute Gasteiger partial charge is 0.495 e. The van der Waals surface area contributed by atoms with E-state index in [1.54, 1.807) is 12.1 Å². The molecule has 0 amide bonds. The monoisotopic (exact) mass is 388 g/mol. The lowest BCUT2D eigenvalue weighted by Gasteiger charge is -2.01. The molecular weight excluding hydrogens is 369 g/mol. The van der Waals surface area contributed by atoms with Crippen molar-refractivity contribution in [2.45, 2.75) is 18.5 Å². The summed E-state index contributed by atoms with van der Waals surface area (Å²) in [7, 11) is -0.730. The molecule has 0 radical (unpaired) electrons. The summed E-state index contributed by atoms with van der Waals surface area (Å²) in [5.74, 6) is -0.647. The van der Waals surface area contributed by atoms with E-state index in [0.29, 0.717) is 11.0 Å². The van der Waals surface area contributed by atoms with Gasteiger partial charge in [-0.3, -0.25) is 4.18 Å². The number of rotatable bonds is 2. The molecule has 0 bridgehead atoms. The Kier molecular flexibility index (Phi) is 7.74. The molecule has 0 N–H and O–H groups in total. The van der Waals surface area contributed by atoms with Crippen molar-refractivity contribution in [2.24, 2.45) is 14.1 Å². The number of nitrogens with zero attached hydrogens (tertiary/aromatic N) is 2. The summed E-state index contributed by atoms with van der Waals surface area (Å²) < 4.78 is 72.0. The topological polar surface area (TPSA) is 75.2 Å². The Morgan fingerprint density at radius 3 is 2.21 bits per heavy atom. The Morgan fingerprint density at radius 2 is 1.83 bits per heavy atom. The quantitative estimate of drug-likeness (QED) is 0.342. The second-order valence-electron chi connectivity index (χ2n) is 4.37. The number of imidazole rings is 1. The van der Waals surface area contributed by atoms with E-state index in [-0.39, 0.29) is 7.43 Å². The lowest BCUT2D eigenvalue weighted by molar-refractivity contribution is -0.667. The zero-order valence-corrected chi connectivity index (χ0v) is 14.3. The highest BCUT2D eigenvalue weighted by molar-refractivity contribution is 7.98. The first kappa shape index (κ1) is 22.7. The maximum atomic E-state index is 12.9. The number of alkyl halides is 3. The van der Waals surface area contributed by atoms with Gasteiger partial charge in [-0.05, 0) is 18.4 Å². The van der Waals surface area contributed by atoms with Crippen molar-refractivity contribution < 1.29 is 34.9 Å². The molecular formula is C13H19F3N2O4S2. The van der Waals surface area contributed by atoms with Crippen LogP contribution >= 0.6 is 11.8 Å². The van der Waals surface area contributed by atoms with E-state index in [1.807, 2.05) is 12.3 Å². The molecule has 0 aliphatic carbocycles. The number of hydrogen-bond acceptors (Lipinski definition) is 5. The summed E-state index contributed by atoms with van der Waals surface area (Å²) in [6, 6.07) is 5.32. The van der Waals surface area contributed by atoms with Crippen molar-refractivity contribution in [3.63, 3.8) is 0 Å². The molecule has 0 aliphatic heterocycles. The number of aromatic nitrogens is 2. The molecule has 0 unspecified atom stereocenters. The average molecular weight is 388 g/mol. The maximum absolute atomic E-state index is 12.9. The number of fused-ring (bicyclic) bond motifs is 1. The van der Waals surface area contributed by atoms with Crippen LogP contribution in [0.2, 0.25) is 0 Å². The molecule has 1 heterocycles. The number of hydrogen-bond donors (Lipinski definition) is 0. The van der Waals surface area contributed by atoms with Gasteiger partial charge in [0, 0.05) is 11.0 Å². The van der Waals surface area contributed by atoms with Crippen LogP contribution in [0.1, 0.15) is 13.3 Å². The molecule has 138 valence electrons. The van der Waals surface area contributed by atoms with Crippen LogP contribution in [0.15, 0.2) is 23.1 Å². The van der Waals surface area contributed by atoms with Gasteiger partial charge in [-0.1, -0.05) is 7.43 Å². The van der Waals surface area contributed by atoms with Crippen LogP contribution < -0.4 is 4.57 Å². The average Bonchev–Trinajstić information content (AvgIpc) is 2.69. The Bertz CT molecular complexity index is 802. The van der Waals surface area contributed by atoms with Crippen molar-refractivity contribution in [1.29, 1.82) is 0 Å². The first-order valence-electron chi connectivity index (χ1n) is 6.03. The minimum atomic E-state index is -4.41. The predicted octanol–water partition coefficient (Wildman–Crippen LogP) is 2.47. The summed E-state index contributed by atoms with van der Waals surface area (Å²) in [4.78, 5) is 0.951. The van der Waals surface area contributed by atoms with Crippen LogP contribution in [-0.2, 0) is 34.9 Å². The Morgan fingerprint density at radius 1 is 1.33 bits per heavy atom. The maximum Gasteiger partial charge on any atom is 0.495 e. The van der Waals surface area contributed by atoms with Crippen LogP contribution in [0, 0.1) is 0 Å². The van der Waals surface area contributed by atoms with E-state index < -0.39 is 22.4 Å². The van der Waals surface area contributed by atoms with E-state index >= 15 is 0 Å². The minimum absolute atomic E-state index is 0. The summed E-state index contributed by atoms with van der Waals surface area (Å²) in [5, 5.41) is 0. The molecule has 6 nitrogen and oxygen atoms in total. The van der Waals surface area contributed by atoms with Gasteiger partial charge < -0.3 is 4.55 Å². The van der Waals surface area contributed by atoms with Crippen LogP contribution in [0.4, 0.5) is 13.2 Å². The SMILES string of the molecule is C.COS(=O)(=O)[O-].CSc1ccc2c(c1)n(C)c(C(F)(F)F)[n+]2C. The second kappa shape index (κ2) is 8.19. The lowest BCUT2D eigenvalue weighted by atomic mass is 10.3. The fourth-order valence-electron chi connectivity index (χ4n) is 2.02. The van der Waals surface area contributed by atoms with E-state index in [9.17, 15) is 26.1 Å². The van der Waals surface area contributed by atoms with Crippen LogP contribution in [0.5, 0.6) is 0 Å². The van der Waals surface area contributed by atoms with E-state index in [0.717, 1.165) is 12.0 Å². The second-order valence-corrected chi connectivity index (χ2v) is 6.40. The normalized spacial score (nSPS) is 11.7. The van der Waals surface area contributed by atoms with Gasteiger partial charge in [0.25, 0.3) is 0 Å². The standard InChI is InChI=1S/C11H12F3N2S.CH4O4S.CH4/c1-15-8-5-4-7(17-3)6-9(8)16(2)10(15)11(12,13)14;1-5-6(2,3)4;/h4-6H,1-3H3;1H3,(H,2,3,4);1H4/q+1;;/p-1. The minimum Gasteiger partial charge on any atom is -0.726 e. The molecule has 2 aromatic rings. The third kappa shape index (κ3) is 5.36. The molecule has 11 heteroatoms. The van der Waals surface area contributed by atoms with Gasteiger partial charge in [0.1, 0.15) is 0 Å². The van der Waals surface area contributed by atoms with Crippen molar-refractivity contribution in [2.75, 3.05) is 13.4 Å². The Labute approximate surface area is 143 Å². The third-order valence-electron chi connectivity index (χ3n) is 3.00. The van der Waals surface area contributed by atoms with Crippen LogP contribution in [-0.4, -0.2) is 30.9 Å². The number of benzene rings is 1. The molecule has 0 fully saturated rings. The zero-order chi connectivity index (χ0) is 18.0. The van der Waals surface area contributed by atoms with Gasteiger partial charge in [-0.25, -0.2) is 17.6 Å². The molecule has 24 heavy (non-hydrogen) atoms. The van der Waals surface area contributed by atoms with Gasteiger partial charge in [0.05, 0.1) is 21.2 Å². The molecule has 0 atom stereocenters. The van der Waals surface area contributed by atoms with Gasteiger partial charge in [-0.15, -0.1) is 11.8 Å². The van der Waals surface area contributed by atoms with Crippen molar-refractivity contribution >= 4 is 33.2 Å². The van der Waals surface area contributed by atoms with Gasteiger partial charge in [-0.2, -0.15) is 13.2 Å². The highest BCUT2D eigenvalue weighted by Crippen LogP contribution is 2.30. The fourth-order valence-corrected chi connectivity index (χ4v) is 2.45. The first-order chi connectivity index (χ1) is 10.4. The summed E-state index contributed by atoms with van der Waals surface area (Å²) in [6.07, 6.45) is -2.45. The van der Waals surface area contributed by atoms with Gasteiger partial charge in [0.15, 0.2) is 11.0 Å². The zero-order valence-electron chi connectivity index (χ0n) is 12.7. The highest BCUT2D eigenvalue weighted by Gasteiger charge is 2.45. The molecule has 0 saturated heterocycles. The molecule has 0 aliphatic rings. The van der Waals surface area contributed by atoms with E-state index in [1.165, 1.54) is 35.0 Å². The first-order valence-corrected chi connectivity index (χ1v) is 8.59. The molecule has 1 aromatic carbocycles.